The van der Waals surface area contributed by atoms with Crippen molar-refractivity contribution < 1.29 is 23.1 Å². The largest absolute Gasteiger partial charge is 0.481 e. The van der Waals surface area contributed by atoms with Crippen molar-refractivity contribution >= 4 is 21.7 Å². The zero-order valence-corrected chi connectivity index (χ0v) is 16.6. The molecule has 0 unspecified atom stereocenters. The average molecular weight is 396 g/mol. The van der Waals surface area contributed by atoms with E-state index in [1.807, 2.05) is 25.1 Å². The number of aromatic nitrogens is 1. The van der Waals surface area contributed by atoms with Crippen LogP contribution in [0.3, 0.4) is 0 Å². The van der Waals surface area contributed by atoms with Crippen LogP contribution in [0.5, 0.6) is 0 Å². The van der Waals surface area contributed by atoms with Crippen LogP contribution in [-0.2, 0) is 21.7 Å². The monoisotopic (exact) mass is 396 g/mol. The molecule has 0 aliphatic carbocycles. The third-order valence-corrected chi connectivity index (χ3v) is 7.20. The summed E-state index contributed by atoms with van der Waals surface area (Å²) in [4.78, 5) is 25.3. The van der Waals surface area contributed by atoms with Crippen LogP contribution in [0, 0.1) is 17.2 Å². The van der Waals surface area contributed by atoms with E-state index in [2.05, 4.69) is 0 Å². The maximum atomic E-state index is 12.7. The van der Waals surface area contributed by atoms with Gasteiger partial charge in [-0.15, -0.1) is 0 Å². The minimum absolute atomic E-state index is 0.0466. The summed E-state index contributed by atoms with van der Waals surface area (Å²) >= 11 is 0. The van der Waals surface area contributed by atoms with Crippen LogP contribution in [0.4, 0.5) is 0 Å². The fraction of sp³-hybridized carbons (Fsp3) is 0.588. The fourth-order valence-electron chi connectivity index (χ4n) is 3.73. The van der Waals surface area contributed by atoms with Crippen molar-refractivity contribution in [3.05, 3.63) is 23.5 Å². The van der Waals surface area contributed by atoms with Gasteiger partial charge in [0.05, 0.1) is 16.6 Å². The molecule has 0 radical (unpaired) electrons. The number of carbonyl (C=O) groups is 2. The Balaban J connectivity index is 0.000000596. The van der Waals surface area contributed by atoms with Gasteiger partial charge in [0.25, 0.3) is 11.9 Å². The Labute approximate surface area is 158 Å². The third-order valence-electron chi connectivity index (χ3n) is 4.97. The van der Waals surface area contributed by atoms with Crippen molar-refractivity contribution in [1.29, 1.82) is 5.26 Å². The average Bonchev–Trinajstić information content (AvgIpc) is 3.20. The fourth-order valence-corrected chi connectivity index (χ4v) is 6.21. The predicted molar refractivity (Wildman–Crippen MR) is 97.9 cm³/mol. The maximum absolute atomic E-state index is 12.7. The number of hydrogen-bond acceptors (Lipinski definition) is 6. The number of fused-ring (bicyclic) bond motifs is 1. The molecule has 1 aromatic rings. The van der Waals surface area contributed by atoms with Crippen molar-refractivity contribution in [3.8, 4) is 6.07 Å². The van der Waals surface area contributed by atoms with Gasteiger partial charge < -0.3 is 19.5 Å². The minimum Gasteiger partial charge on any atom is -0.481 e. The normalized spacial score (nSPS) is 25.5. The van der Waals surface area contributed by atoms with Crippen LogP contribution >= 0.6 is 0 Å². The molecule has 1 aromatic heterocycles. The molecule has 3 heterocycles. The highest BCUT2D eigenvalue weighted by atomic mass is 32.2. The molecular formula is C17H24N4O5S. The number of aliphatic carboxylic acids is 1. The minimum atomic E-state index is -3.17. The van der Waals surface area contributed by atoms with Crippen LogP contribution in [0.1, 0.15) is 23.0 Å². The molecule has 0 saturated carbocycles. The van der Waals surface area contributed by atoms with E-state index in [9.17, 15) is 13.2 Å². The van der Waals surface area contributed by atoms with E-state index in [-0.39, 0.29) is 30.2 Å². The second kappa shape index (κ2) is 7.70. The van der Waals surface area contributed by atoms with Crippen molar-refractivity contribution in [2.45, 2.75) is 18.2 Å². The van der Waals surface area contributed by atoms with Gasteiger partial charge in [-0.25, -0.2) is 8.42 Å². The highest BCUT2D eigenvalue weighted by Crippen LogP contribution is 2.36. The van der Waals surface area contributed by atoms with Gasteiger partial charge in [-0.2, -0.15) is 5.26 Å². The molecule has 2 fully saturated rings. The molecule has 0 spiro atoms. The first-order valence-corrected chi connectivity index (χ1v) is 10.1. The van der Waals surface area contributed by atoms with Crippen LogP contribution < -0.4 is 0 Å². The van der Waals surface area contributed by atoms with Gasteiger partial charge in [0, 0.05) is 45.2 Å². The summed E-state index contributed by atoms with van der Waals surface area (Å²) in [5.41, 5.74) is 0.842. The molecule has 2 aliphatic rings. The van der Waals surface area contributed by atoms with E-state index in [1.54, 1.807) is 28.8 Å². The van der Waals surface area contributed by atoms with E-state index in [4.69, 9.17) is 15.2 Å². The van der Waals surface area contributed by atoms with Gasteiger partial charge in [-0.3, -0.25) is 9.59 Å². The van der Waals surface area contributed by atoms with Crippen molar-refractivity contribution in [2.24, 2.45) is 13.0 Å². The summed E-state index contributed by atoms with van der Waals surface area (Å²) in [6, 6.07) is 3.51. The number of carbonyl (C=O) groups excluding carboxylic acids is 1. The molecule has 2 saturated heterocycles. The summed E-state index contributed by atoms with van der Waals surface area (Å²) in [7, 11) is 2.30. The van der Waals surface area contributed by atoms with E-state index in [0.717, 1.165) is 6.92 Å². The van der Waals surface area contributed by atoms with E-state index in [1.165, 1.54) is 0 Å². The lowest BCUT2D eigenvalue weighted by Crippen LogP contribution is -2.39. The molecule has 1 amide bonds. The van der Waals surface area contributed by atoms with Gasteiger partial charge in [-0.1, -0.05) is 0 Å². The first kappa shape index (κ1) is 20.9. The number of hydrogen-bond donors (Lipinski definition) is 1. The molecule has 148 valence electrons. The van der Waals surface area contributed by atoms with Gasteiger partial charge in [0.15, 0.2) is 9.84 Å². The number of nitrogens with zero attached hydrogens (tertiary/aromatic N) is 4. The van der Waals surface area contributed by atoms with Crippen LogP contribution in [0.15, 0.2) is 12.3 Å². The summed E-state index contributed by atoms with van der Waals surface area (Å²) in [6.45, 7) is 1.77. The quantitative estimate of drug-likeness (QED) is 0.733. The van der Waals surface area contributed by atoms with Gasteiger partial charge in [0.1, 0.15) is 11.8 Å². The zero-order valence-electron chi connectivity index (χ0n) is 15.8. The number of carboxylic acids is 1. The van der Waals surface area contributed by atoms with Gasteiger partial charge >= 0.3 is 0 Å². The summed E-state index contributed by atoms with van der Waals surface area (Å²) < 4.78 is 26.4. The lowest BCUT2D eigenvalue weighted by atomic mass is 10.00. The Morgan fingerprint density at radius 3 is 2.41 bits per heavy atom. The Bertz CT molecular complexity index is 880. The molecule has 10 heteroatoms. The van der Waals surface area contributed by atoms with Crippen LogP contribution in [0.25, 0.3) is 0 Å². The predicted octanol–water partition coefficient (Wildman–Crippen LogP) is -0.213. The van der Waals surface area contributed by atoms with Crippen LogP contribution in [-0.4, -0.2) is 84.0 Å². The number of nitriles is 1. The molecular weight excluding hydrogens is 372 g/mol. The second-order valence-corrected chi connectivity index (χ2v) is 9.39. The van der Waals surface area contributed by atoms with Crippen molar-refractivity contribution in [2.75, 3.05) is 32.9 Å². The number of likely N-dealkylation sites (tertiary alicyclic amines) is 1. The highest BCUT2D eigenvalue weighted by Gasteiger charge is 2.53. The van der Waals surface area contributed by atoms with E-state index >= 15 is 0 Å². The van der Waals surface area contributed by atoms with E-state index < -0.39 is 21.1 Å². The molecule has 3 rings (SSSR count). The Morgan fingerprint density at radius 1 is 1.33 bits per heavy atom. The highest BCUT2D eigenvalue weighted by molar-refractivity contribution is 7.92. The molecule has 9 nitrogen and oxygen atoms in total. The summed E-state index contributed by atoms with van der Waals surface area (Å²) in [5.74, 6) is -0.925. The lowest BCUT2D eigenvalue weighted by molar-refractivity contribution is -0.134. The molecule has 2 aliphatic heterocycles. The maximum Gasteiger partial charge on any atom is 0.300 e. The standard InChI is InChI=1S/C15H20N4O3S.C2H4O2/c1-17(2)13-9-23(21,22)14-8-19(7-11(13)14)15(20)12-4-10(5-16)6-18(12)3;1-2(3)4/h4,6,11,13-14H,7-9H2,1-3H3;1H3,(H,3,4)/t11-,13+,14-;/m0./s1. The Hall–Kier alpha value is -2.38. The first-order valence-electron chi connectivity index (χ1n) is 8.41. The Kier molecular flexibility index (Phi) is 5.97. The van der Waals surface area contributed by atoms with Crippen LogP contribution in [0.2, 0.25) is 0 Å². The topological polar surface area (TPSA) is 124 Å². The van der Waals surface area contributed by atoms with Gasteiger partial charge in [-0.05, 0) is 20.2 Å². The number of amides is 1. The van der Waals surface area contributed by atoms with Gasteiger partial charge in [0.2, 0.25) is 0 Å². The molecule has 0 bridgehead atoms. The summed E-state index contributed by atoms with van der Waals surface area (Å²) in [5, 5.41) is 15.9. The Morgan fingerprint density at radius 2 is 1.93 bits per heavy atom. The zero-order chi connectivity index (χ0) is 20.5. The molecule has 3 atom stereocenters. The summed E-state index contributed by atoms with van der Waals surface area (Å²) in [6.07, 6.45) is 1.60. The lowest BCUT2D eigenvalue weighted by Gasteiger charge is -2.25. The van der Waals surface area contributed by atoms with Crippen molar-refractivity contribution in [1.82, 2.24) is 14.4 Å². The van der Waals surface area contributed by atoms with E-state index in [0.29, 0.717) is 17.8 Å². The number of aryl methyl sites for hydroxylation is 1. The third kappa shape index (κ3) is 4.31. The molecule has 27 heavy (non-hydrogen) atoms. The first-order chi connectivity index (χ1) is 12.5. The molecule has 0 aromatic carbocycles. The number of sulfone groups is 1. The smallest absolute Gasteiger partial charge is 0.300 e. The number of rotatable bonds is 2. The number of carboxylic acid groups (broad SMARTS) is 1. The molecule has 1 N–H and O–H groups in total. The SMILES string of the molecule is CC(=O)O.CN(C)[C@@H]1CS(=O)(=O)[C@H]2CN(C(=O)c3cc(C#N)cn3C)C[C@@H]12. The second-order valence-electron chi connectivity index (χ2n) is 7.13. The van der Waals surface area contributed by atoms with Crippen molar-refractivity contribution in [3.63, 3.8) is 0 Å².